The van der Waals surface area contributed by atoms with Crippen LogP contribution in [0.2, 0.25) is 0 Å². The summed E-state index contributed by atoms with van der Waals surface area (Å²) in [5.41, 5.74) is 5.08. The molecule has 126 valence electrons. The molecule has 0 unspecified atom stereocenters. The highest BCUT2D eigenvalue weighted by atomic mass is 16.7. The van der Waals surface area contributed by atoms with Gasteiger partial charge in [0.15, 0.2) is 11.5 Å². The molecule has 1 N–H and O–H groups in total. The summed E-state index contributed by atoms with van der Waals surface area (Å²) in [6.45, 7) is 2.95. The number of fused-ring (bicyclic) bond motifs is 1. The number of carbonyl (C=O) groups excluding carboxylic acids is 1. The van der Waals surface area contributed by atoms with E-state index in [9.17, 15) is 4.79 Å². The summed E-state index contributed by atoms with van der Waals surface area (Å²) in [6.07, 6.45) is 0.710. The number of amides is 1. The molecule has 2 heterocycles. The van der Waals surface area contributed by atoms with Crippen LogP contribution in [0.4, 0.5) is 5.69 Å². The molecular formula is C20H18N2O3. The maximum absolute atomic E-state index is 10.9. The number of aromatic nitrogens is 1. The summed E-state index contributed by atoms with van der Waals surface area (Å²) in [7, 11) is 0. The van der Waals surface area contributed by atoms with Crippen LogP contribution in [0, 0.1) is 6.92 Å². The molecule has 1 aliphatic rings. The van der Waals surface area contributed by atoms with Gasteiger partial charge in [0.05, 0.1) is 11.4 Å². The first kappa shape index (κ1) is 15.3. The number of ether oxygens (including phenoxy) is 2. The number of rotatable bonds is 5. The highest BCUT2D eigenvalue weighted by Crippen LogP contribution is 2.34. The Labute approximate surface area is 145 Å². The smallest absolute Gasteiger partial charge is 0.231 e. The van der Waals surface area contributed by atoms with Crippen molar-refractivity contribution in [1.82, 2.24) is 4.57 Å². The third-order valence-corrected chi connectivity index (χ3v) is 4.43. The molecule has 1 aromatic heterocycles. The molecule has 0 aliphatic carbocycles. The molecule has 0 radical (unpaired) electrons. The van der Waals surface area contributed by atoms with Crippen LogP contribution in [0.1, 0.15) is 11.3 Å². The fourth-order valence-electron chi connectivity index (χ4n) is 3.13. The standard InChI is InChI=1S/C20H18N2O3/c1-14-17(21-12-23)10-18(16-5-3-2-4-6-16)22(14)11-15-7-8-19-20(9-15)25-13-24-19/h2-10,12H,11,13H2,1H3,(H,21,23). The average molecular weight is 334 g/mol. The number of anilines is 1. The Bertz CT molecular complexity index is 916. The van der Waals surface area contributed by atoms with E-state index in [-0.39, 0.29) is 6.79 Å². The van der Waals surface area contributed by atoms with E-state index in [1.165, 1.54) is 0 Å². The van der Waals surface area contributed by atoms with Crippen molar-refractivity contribution in [3.63, 3.8) is 0 Å². The minimum atomic E-state index is 0.268. The van der Waals surface area contributed by atoms with Crippen LogP contribution in [0.15, 0.2) is 54.6 Å². The van der Waals surface area contributed by atoms with Crippen LogP contribution in [0.3, 0.4) is 0 Å². The minimum absolute atomic E-state index is 0.268. The topological polar surface area (TPSA) is 52.5 Å². The van der Waals surface area contributed by atoms with Crippen LogP contribution in [0.25, 0.3) is 11.3 Å². The van der Waals surface area contributed by atoms with Crippen molar-refractivity contribution in [2.75, 3.05) is 12.1 Å². The zero-order valence-electron chi connectivity index (χ0n) is 13.9. The van der Waals surface area contributed by atoms with Gasteiger partial charge in [0.25, 0.3) is 0 Å². The minimum Gasteiger partial charge on any atom is -0.454 e. The number of benzene rings is 2. The van der Waals surface area contributed by atoms with Gasteiger partial charge < -0.3 is 19.4 Å². The summed E-state index contributed by atoms with van der Waals surface area (Å²) in [5, 5.41) is 2.79. The van der Waals surface area contributed by atoms with Crippen LogP contribution in [0.5, 0.6) is 11.5 Å². The van der Waals surface area contributed by atoms with Crippen molar-refractivity contribution in [1.29, 1.82) is 0 Å². The van der Waals surface area contributed by atoms with Crippen LogP contribution in [-0.4, -0.2) is 17.8 Å². The van der Waals surface area contributed by atoms with Gasteiger partial charge in [-0.05, 0) is 36.2 Å². The fourth-order valence-corrected chi connectivity index (χ4v) is 3.13. The van der Waals surface area contributed by atoms with E-state index in [4.69, 9.17) is 9.47 Å². The third-order valence-electron chi connectivity index (χ3n) is 4.43. The van der Waals surface area contributed by atoms with Gasteiger partial charge in [-0.15, -0.1) is 0 Å². The predicted molar refractivity (Wildman–Crippen MR) is 96.0 cm³/mol. The second-order valence-electron chi connectivity index (χ2n) is 5.93. The summed E-state index contributed by atoms with van der Waals surface area (Å²) in [4.78, 5) is 10.9. The van der Waals surface area contributed by atoms with Crippen molar-refractivity contribution in [3.8, 4) is 22.8 Å². The lowest BCUT2D eigenvalue weighted by Gasteiger charge is -2.13. The molecule has 3 aromatic rings. The van der Waals surface area contributed by atoms with E-state index >= 15 is 0 Å². The van der Waals surface area contributed by atoms with Gasteiger partial charge in [-0.2, -0.15) is 0 Å². The summed E-state index contributed by atoms with van der Waals surface area (Å²) in [6, 6.07) is 18.1. The predicted octanol–water partition coefficient (Wildman–Crippen LogP) is 3.81. The molecule has 1 aliphatic heterocycles. The Kier molecular flexibility index (Phi) is 3.90. The largest absolute Gasteiger partial charge is 0.454 e. The van der Waals surface area contributed by atoms with Gasteiger partial charge in [0.1, 0.15) is 0 Å². The van der Waals surface area contributed by atoms with Gasteiger partial charge >= 0.3 is 0 Å². The highest BCUT2D eigenvalue weighted by molar-refractivity contribution is 5.78. The second kappa shape index (κ2) is 6.36. The SMILES string of the molecule is Cc1c(NC=O)cc(-c2ccccc2)n1Cc1ccc2c(c1)OCO2. The van der Waals surface area contributed by atoms with Crippen LogP contribution in [-0.2, 0) is 11.3 Å². The lowest BCUT2D eigenvalue weighted by Crippen LogP contribution is -2.05. The molecule has 0 saturated carbocycles. The van der Waals surface area contributed by atoms with Gasteiger partial charge in [0.2, 0.25) is 13.2 Å². The fraction of sp³-hybridized carbons (Fsp3) is 0.150. The van der Waals surface area contributed by atoms with E-state index in [1.54, 1.807) is 0 Å². The zero-order valence-corrected chi connectivity index (χ0v) is 13.9. The Morgan fingerprint density at radius 3 is 2.68 bits per heavy atom. The molecule has 0 spiro atoms. The number of nitrogens with one attached hydrogen (secondary N) is 1. The second-order valence-corrected chi connectivity index (χ2v) is 5.93. The van der Waals surface area contributed by atoms with Crippen molar-refractivity contribution >= 4 is 12.1 Å². The summed E-state index contributed by atoms with van der Waals surface area (Å²) in [5.74, 6) is 1.55. The Morgan fingerprint density at radius 2 is 1.88 bits per heavy atom. The first-order valence-electron chi connectivity index (χ1n) is 8.10. The lowest BCUT2D eigenvalue weighted by atomic mass is 10.1. The molecule has 2 aromatic carbocycles. The summed E-state index contributed by atoms with van der Waals surface area (Å²) < 4.78 is 13.0. The molecule has 5 heteroatoms. The van der Waals surface area contributed by atoms with Crippen molar-refractivity contribution in [2.24, 2.45) is 0 Å². The average Bonchev–Trinajstić information content (AvgIpc) is 3.22. The van der Waals surface area contributed by atoms with E-state index in [0.717, 1.165) is 39.7 Å². The lowest BCUT2D eigenvalue weighted by molar-refractivity contribution is -0.105. The van der Waals surface area contributed by atoms with Gasteiger partial charge in [-0.1, -0.05) is 36.4 Å². The summed E-state index contributed by atoms with van der Waals surface area (Å²) >= 11 is 0. The molecule has 1 amide bonds. The number of hydrogen-bond acceptors (Lipinski definition) is 3. The molecule has 0 saturated heterocycles. The molecule has 0 fully saturated rings. The molecule has 5 nitrogen and oxygen atoms in total. The quantitative estimate of drug-likeness (QED) is 0.722. The van der Waals surface area contributed by atoms with Crippen molar-refractivity contribution in [2.45, 2.75) is 13.5 Å². The number of carbonyl (C=O) groups is 1. The molecule has 0 bridgehead atoms. The molecule has 25 heavy (non-hydrogen) atoms. The number of nitrogens with zero attached hydrogens (tertiary/aromatic N) is 1. The molecule has 0 atom stereocenters. The van der Waals surface area contributed by atoms with Gasteiger partial charge in [0, 0.05) is 12.2 Å². The Balaban J connectivity index is 1.76. The third kappa shape index (κ3) is 2.85. The Hall–Kier alpha value is -3.21. The molecular weight excluding hydrogens is 316 g/mol. The Morgan fingerprint density at radius 1 is 1.08 bits per heavy atom. The highest BCUT2D eigenvalue weighted by Gasteiger charge is 2.16. The van der Waals surface area contributed by atoms with Crippen LogP contribution >= 0.6 is 0 Å². The van der Waals surface area contributed by atoms with E-state index in [2.05, 4.69) is 22.0 Å². The zero-order chi connectivity index (χ0) is 17.2. The van der Waals surface area contributed by atoms with E-state index < -0.39 is 0 Å². The first-order chi connectivity index (χ1) is 12.3. The van der Waals surface area contributed by atoms with Gasteiger partial charge in [-0.25, -0.2) is 0 Å². The first-order valence-corrected chi connectivity index (χ1v) is 8.10. The van der Waals surface area contributed by atoms with Crippen LogP contribution < -0.4 is 14.8 Å². The van der Waals surface area contributed by atoms with Gasteiger partial charge in [-0.3, -0.25) is 4.79 Å². The van der Waals surface area contributed by atoms with E-state index in [1.807, 2.05) is 49.4 Å². The maximum Gasteiger partial charge on any atom is 0.231 e. The monoisotopic (exact) mass is 334 g/mol. The number of hydrogen-bond donors (Lipinski definition) is 1. The van der Waals surface area contributed by atoms with Crippen molar-refractivity contribution < 1.29 is 14.3 Å². The molecule has 4 rings (SSSR count). The normalized spacial score (nSPS) is 12.2. The van der Waals surface area contributed by atoms with Crippen molar-refractivity contribution in [3.05, 3.63) is 65.9 Å². The van der Waals surface area contributed by atoms with E-state index in [0.29, 0.717) is 13.0 Å². The maximum atomic E-state index is 10.9.